The fourth-order valence-electron chi connectivity index (χ4n) is 4.86. The lowest BCUT2D eigenvalue weighted by molar-refractivity contribution is -0.151. The zero-order valence-electron chi connectivity index (χ0n) is 23.8. The smallest absolute Gasteiger partial charge is 0.380 e. The molecule has 0 aliphatic carbocycles. The molecule has 1 saturated heterocycles. The summed E-state index contributed by atoms with van der Waals surface area (Å²) in [6.45, 7) is 6.62. The first-order valence-corrected chi connectivity index (χ1v) is 15.4. The van der Waals surface area contributed by atoms with E-state index < -0.39 is 66.7 Å². The van der Waals surface area contributed by atoms with Gasteiger partial charge in [-0.1, -0.05) is 25.1 Å². The number of nitrogens with one attached hydrogen (secondary N) is 1. The van der Waals surface area contributed by atoms with E-state index in [9.17, 15) is 23.7 Å². The van der Waals surface area contributed by atoms with Crippen molar-refractivity contribution in [3.8, 4) is 5.75 Å². The Morgan fingerprint density at radius 2 is 1.98 bits per heavy atom. The van der Waals surface area contributed by atoms with E-state index in [2.05, 4.69) is 9.97 Å². The average Bonchev–Trinajstić information content (AvgIpc) is 3.42. The van der Waals surface area contributed by atoms with Crippen molar-refractivity contribution in [2.45, 2.75) is 69.6 Å². The van der Waals surface area contributed by atoms with Gasteiger partial charge in [0.15, 0.2) is 11.9 Å². The SMILES string of the molecule is CC(C)OC(=O)[C@H](C)C[P@@](=O)(Oc1ccccc1)OC(C)(C)[C@H]1O[C@@H](n2ccc3c(=O)[nH]c(N)nc32)C(Cl)(CF)[C@H]1O. The van der Waals surface area contributed by atoms with Gasteiger partial charge in [0.1, 0.15) is 35.1 Å². The number of aliphatic hydroxyl groups excluding tert-OH is 1. The Labute approximate surface area is 246 Å². The molecule has 2 aromatic heterocycles. The molecule has 1 fully saturated rings. The predicted octanol–water partition coefficient (Wildman–Crippen LogP) is 4.17. The number of esters is 1. The minimum absolute atomic E-state index is 0.0573. The molecule has 6 atom stereocenters. The van der Waals surface area contributed by atoms with E-state index in [4.69, 9.17) is 35.9 Å². The van der Waals surface area contributed by atoms with E-state index >= 15 is 0 Å². The number of aliphatic hydroxyl groups is 1. The predicted molar refractivity (Wildman–Crippen MR) is 154 cm³/mol. The van der Waals surface area contributed by atoms with Crippen molar-refractivity contribution >= 4 is 42.1 Å². The molecule has 0 spiro atoms. The molecular weight excluding hydrogens is 594 g/mol. The number of rotatable bonds is 11. The topological polar surface area (TPSA) is 168 Å². The highest BCUT2D eigenvalue weighted by atomic mass is 35.5. The Kier molecular flexibility index (Phi) is 9.11. The van der Waals surface area contributed by atoms with Crippen LogP contribution in [0.2, 0.25) is 0 Å². The van der Waals surface area contributed by atoms with Gasteiger partial charge >= 0.3 is 13.6 Å². The van der Waals surface area contributed by atoms with Gasteiger partial charge in [-0.05, 0) is 45.9 Å². The molecule has 3 heterocycles. The van der Waals surface area contributed by atoms with Crippen LogP contribution in [0.25, 0.3) is 11.0 Å². The first-order valence-electron chi connectivity index (χ1n) is 13.3. The average molecular weight is 629 g/mol. The second-order valence-electron chi connectivity index (χ2n) is 11.1. The number of carbonyl (C=O) groups is 1. The van der Waals surface area contributed by atoms with Crippen LogP contribution in [0.15, 0.2) is 47.4 Å². The fourth-order valence-corrected chi connectivity index (χ4v) is 7.40. The second kappa shape index (κ2) is 12.0. The van der Waals surface area contributed by atoms with Crippen LogP contribution in [-0.4, -0.2) is 67.2 Å². The summed E-state index contributed by atoms with van der Waals surface area (Å²) in [6, 6.07) is 9.66. The summed E-state index contributed by atoms with van der Waals surface area (Å²) in [5.74, 6) is -1.46. The lowest BCUT2D eigenvalue weighted by Gasteiger charge is -2.36. The third kappa shape index (κ3) is 6.35. The van der Waals surface area contributed by atoms with Crippen LogP contribution in [0.3, 0.4) is 0 Å². The Morgan fingerprint density at radius 1 is 1.31 bits per heavy atom. The molecular formula is C27H35ClFN4O8P. The number of anilines is 1. The van der Waals surface area contributed by atoms with Crippen molar-refractivity contribution in [1.82, 2.24) is 14.5 Å². The van der Waals surface area contributed by atoms with E-state index in [0.29, 0.717) is 0 Å². The Hall–Kier alpha value is -2.96. The lowest BCUT2D eigenvalue weighted by Crippen LogP contribution is -2.50. The molecule has 1 unspecified atom stereocenters. The van der Waals surface area contributed by atoms with Crippen molar-refractivity contribution in [3.63, 3.8) is 0 Å². The number of hydrogen-bond acceptors (Lipinski definition) is 10. The zero-order chi connectivity index (χ0) is 31.0. The van der Waals surface area contributed by atoms with Crippen LogP contribution >= 0.6 is 19.2 Å². The molecule has 0 bridgehead atoms. The van der Waals surface area contributed by atoms with Gasteiger partial charge in [0.2, 0.25) is 5.95 Å². The molecule has 230 valence electrons. The molecule has 1 aliphatic rings. The standard InChI is InChI=1S/C27H35ClFN4O8P/c1-15(2)38-23(36)16(3)13-42(37,40-17-9-7-6-8-10-17)41-26(4,5)20-19(34)27(28,14-29)24(39-20)33-12-11-18-21(33)31-25(30)32-22(18)35/h6-12,15-16,19-20,24,34H,13-14H2,1-5H3,(H3,30,31,32,35)/t16-,19+,20+,24-,27?,42-/m1/s1. The van der Waals surface area contributed by atoms with Crippen LogP contribution in [0.4, 0.5) is 10.3 Å². The normalized spacial score (nSPS) is 24.9. The summed E-state index contributed by atoms with van der Waals surface area (Å²) in [6.07, 6.45) is -3.79. The Morgan fingerprint density at radius 3 is 2.60 bits per heavy atom. The third-order valence-corrected chi connectivity index (χ3v) is 9.56. The van der Waals surface area contributed by atoms with E-state index in [1.165, 1.54) is 37.6 Å². The van der Waals surface area contributed by atoms with Crippen LogP contribution in [0.5, 0.6) is 5.75 Å². The minimum atomic E-state index is -4.19. The summed E-state index contributed by atoms with van der Waals surface area (Å²) in [5, 5.41) is 11.5. The number of benzene rings is 1. The zero-order valence-corrected chi connectivity index (χ0v) is 25.5. The number of para-hydroxylation sites is 1. The van der Waals surface area contributed by atoms with Crippen molar-refractivity contribution in [3.05, 3.63) is 52.9 Å². The maximum atomic E-state index is 14.6. The molecule has 15 heteroatoms. The maximum absolute atomic E-state index is 14.6. The summed E-state index contributed by atoms with van der Waals surface area (Å²) in [4.78, 5) is 29.4. The number of nitrogens with two attached hydrogens (primary N) is 1. The number of aromatic amines is 1. The van der Waals surface area contributed by atoms with Crippen molar-refractivity contribution in [2.75, 3.05) is 18.6 Å². The number of ether oxygens (including phenoxy) is 2. The van der Waals surface area contributed by atoms with Gasteiger partial charge in [-0.25, -0.2) is 8.96 Å². The number of aromatic nitrogens is 3. The van der Waals surface area contributed by atoms with Crippen LogP contribution < -0.4 is 15.8 Å². The number of hydrogen-bond donors (Lipinski definition) is 3. The monoisotopic (exact) mass is 628 g/mol. The summed E-state index contributed by atoms with van der Waals surface area (Å²) in [7, 11) is -4.19. The molecule has 1 aliphatic heterocycles. The number of halogens is 2. The van der Waals surface area contributed by atoms with E-state index in [1.807, 2.05) is 0 Å². The van der Waals surface area contributed by atoms with Crippen molar-refractivity contribution < 1.29 is 37.4 Å². The van der Waals surface area contributed by atoms with Gasteiger partial charge in [-0.2, -0.15) is 4.98 Å². The van der Waals surface area contributed by atoms with Gasteiger partial charge in [0, 0.05) is 6.20 Å². The van der Waals surface area contributed by atoms with Crippen LogP contribution in [-0.2, 0) is 23.4 Å². The quantitative estimate of drug-likeness (QED) is 0.159. The van der Waals surface area contributed by atoms with E-state index in [1.54, 1.807) is 44.2 Å². The molecule has 0 amide bonds. The summed E-state index contributed by atoms with van der Waals surface area (Å²) >= 11 is 6.69. The highest BCUT2D eigenvalue weighted by Gasteiger charge is 2.62. The number of nitrogens with zero attached hydrogens (tertiary/aromatic N) is 2. The Balaban J connectivity index is 1.68. The molecule has 0 saturated carbocycles. The number of carbonyl (C=O) groups excluding carboxylic acids is 1. The molecule has 12 nitrogen and oxygen atoms in total. The van der Waals surface area contributed by atoms with Gasteiger partial charge < -0.3 is 29.4 Å². The lowest BCUT2D eigenvalue weighted by atomic mass is 9.91. The second-order valence-corrected chi connectivity index (χ2v) is 13.8. The Bertz CT molecular complexity index is 1530. The maximum Gasteiger partial charge on any atom is 0.380 e. The fraction of sp³-hybridized carbons (Fsp3) is 0.519. The summed E-state index contributed by atoms with van der Waals surface area (Å²) in [5.41, 5.74) is 3.63. The number of H-pyrrole nitrogens is 1. The molecule has 0 radical (unpaired) electrons. The van der Waals surface area contributed by atoms with E-state index in [-0.39, 0.29) is 28.9 Å². The van der Waals surface area contributed by atoms with Gasteiger partial charge in [0.25, 0.3) is 5.56 Å². The molecule has 4 N–H and O–H groups in total. The number of alkyl halides is 2. The third-order valence-electron chi connectivity index (χ3n) is 6.82. The van der Waals surface area contributed by atoms with Gasteiger partial charge in [0.05, 0.1) is 23.6 Å². The molecule has 1 aromatic carbocycles. The van der Waals surface area contributed by atoms with E-state index in [0.717, 1.165) is 0 Å². The van der Waals surface area contributed by atoms with Crippen molar-refractivity contribution in [2.24, 2.45) is 5.92 Å². The summed E-state index contributed by atoms with van der Waals surface area (Å²) < 4.78 is 53.5. The first-order chi connectivity index (χ1) is 19.6. The van der Waals surface area contributed by atoms with Gasteiger partial charge in [-0.15, -0.1) is 11.6 Å². The first kappa shape index (κ1) is 32.0. The van der Waals surface area contributed by atoms with Gasteiger partial charge in [-0.3, -0.25) is 19.1 Å². The largest absolute Gasteiger partial charge is 0.463 e. The van der Waals surface area contributed by atoms with Crippen LogP contribution in [0, 0.1) is 5.92 Å². The molecule has 4 rings (SSSR count). The number of fused-ring (bicyclic) bond motifs is 1. The highest BCUT2D eigenvalue weighted by molar-refractivity contribution is 7.54. The molecule has 3 aromatic rings. The highest BCUT2D eigenvalue weighted by Crippen LogP contribution is 2.56. The van der Waals surface area contributed by atoms with Crippen molar-refractivity contribution in [1.29, 1.82) is 0 Å². The number of nitrogen functional groups attached to an aromatic ring is 1. The minimum Gasteiger partial charge on any atom is -0.463 e. The van der Waals surface area contributed by atoms with Crippen LogP contribution in [0.1, 0.15) is 40.8 Å². The molecule has 42 heavy (non-hydrogen) atoms.